The summed E-state index contributed by atoms with van der Waals surface area (Å²) in [6.07, 6.45) is 0. The quantitative estimate of drug-likeness (QED) is 0.806. The van der Waals surface area contributed by atoms with Gasteiger partial charge in [0.1, 0.15) is 0 Å². The lowest BCUT2D eigenvalue weighted by Gasteiger charge is -2.10. The minimum atomic E-state index is 0.782. The summed E-state index contributed by atoms with van der Waals surface area (Å²) < 4.78 is 0. The molecular weight excluding hydrogens is 262 g/mol. The van der Waals surface area contributed by atoms with Gasteiger partial charge in [0.25, 0.3) is 0 Å². The van der Waals surface area contributed by atoms with Crippen molar-refractivity contribution in [3.05, 3.63) is 59.1 Å². The molecule has 94 valence electrons. The topological polar surface area (TPSA) is 3.24 Å². The summed E-state index contributed by atoms with van der Waals surface area (Å²) in [5, 5.41) is 0.782. The molecule has 0 N–H and O–H groups in total. The van der Waals surface area contributed by atoms with Gasteiger partial charge >= 0.3 is 0 Å². The summed E-state index contributed by atoms with van der Waals surface area (Å²) in [5.41, 5.74) is 1.33. The van der Waals surface area contributed by atoms with Crippen molar-refractivity contribution in [1.82, 2.24) is 4.90 Å². The Bertz CT molecular complexity index is 525. The number of hydrogen-bond acceptors (Lipinski definition) is 2. The van der Waals surface area contributed by atoms with Gasteiger partial charge in [-0.25, -0.2) is 0 Å². The molecule has 0 spiro atoms. The van der Waals surface area contributed by atoms with E-state index in [1.807, 2.05) is 18.2 Å². The van der Waals surface area contributed by atoms with Gasteiger partial charge < -0.3 is 4.90 Å². The Hall–Kier alpha value is -0.960. The average Bonchev–Trinajstić information content (AvgIpc) is 2.28. The Balaban J connectivity index is 2.14. The van der Waals surface area contributed by atoms with Crippen molar-refractivity contribution in [2.45, 2.75) is 16.3 Å². The first kappa shape index (κ1) is 13.5. The fraction of sp³-hybridized carbons (Fsp3) is 0.200. The van der Waals surface area contributed by atoms with Gasteiger partial charge in [0, 0.05) is 21.4 Å². The molecule has 0 aliphatic rings. The average molecular weight is 278 g/mol. The zero-order valence-corrected chi connectivity index (χ0v) is 12.1. The minimum absolute atomic E-state index is 0.782. The molecule has 0 amide bonds. The van der Waals surface area contributed by atoms with Crippen molar-refractivity contribution >= 4 is 23.4 Å². The SMILES string of the molecule is CN(C)Cc1cccc(Sc2cccc(Cl)c2)c1. The Morgan fingerprint density at radius 2 is 1.67 bits per heavy atom. The summed E-state index contributed by atoms with van der Waals surface area (Å²) >= 11 is 7.73. The monoisotopic (exact) mass is 277 g/mol. The zero-order chi connectivity index (χ0) is 13.0. The van der Waals surface area contributed by atoms with Crippen LogP contribution in [0.3, 0.4) is 0 Å². The molecule has 0 atom stereocenters. The van der Waals surface area contributed by atoms with Gasteiger partial charge in [-0.3, -0.25) is 0 Å². The van der Waals surface area contributed by atoms with E-state index in [0.29, 0.717) is 0 Å². The van der Waals surface area contributed by atoms with Crippen molar-refractivity contribution in [2.75, 3.05) is 14.1 Å². The summed E-state index contributed by atoms with van der Waals surface area (Å²) in [4.78, 5) is 4.59. The highest BCUT2D eigenvalue weighted by molar-refractivity contribution is 7.99. The van der Waals surface area contributed by atoms with Gasteiger partial charge in [0.15, 0.2) is 0 Å². The van der Waals surface area contributed by atoms with E-state index in [1.54, 1.807) is 11.8 Å². The van der Waals surface area contributed by atoms with Crippen LogP contribution in [-0.4, -0.2) is 19.0 Å². The lowest BCUT2D eigenvalue weighted by atomic mass is 10.2. The molecule has 18 heavy (non-hydrogen) atoms. The number of benzene rings is 2. The van der Waals surface area contributed by atoms with Crippen molar-refractivity contribution in [3.8, 4) is 0 Å². The third-order valence-corrected chi connectivity index (χ3v) is 3.64. The van der Waals surface area contributed by atoms with Gasteiger partial charge in [0.05, 0.1) is 0 Å². The molecule has 0 saturated heterocycles. The highest BCUT2D eigenvalue weighted by atomic mass is 35.5. The summed E-state index contributed by atoms with van der Waals surface area (Å²) in [6.45, 7) is 0.962. The molecule has 0 aliphatic heterocycles. The van der Waals surface area contributed by atoms with Gasteiger partial charge in [0.2, 0.25) is 0 Å². The van der Waals surface area contributed by atoms with E-state index >= 15 is 0 Å². The summed E-state index contributed by atoms with van der Waals surface area (Å²) in [7, 11) is 4.16. The maximum absolute atomic E-state index is 5.99. The lowest BCUT2D eigenvalue weighted by molar-refractivity contribution is 0.402. The third kappa shape index (κ3) is 4.05. The number of rotatable bonds is 4. The Kier molecular flexibility index (Phi) is 4.70. The second-order valence-corrected chi connectivity index (χ2v) is 6.03. The van der Waals surface area contributed by atoms with Crippen LogP contribution in [0.1, 0.15) is 5.56 Å². The highest BCUT2D eigenvalue weighted by Gasteiger charge is 2.01. The first-order chi connectivity index (χ1) is 8.63. The molecule has 0 heterocycles. The minimum Gasteiger partial charge on any atom is -0.305 e. The standard InChI is InChI=1S/C15H16ClNS/c1-17(2)11-12-5-3-7-14(9-12)18-15-8-4-6-13(16)10-15/h3-10H,11H2,1-2H3. The van der Waals surface area contributed by atoms with Crippen LogP contribution in [0, 0.1) is 0 Å². The van der Waals surface area contributed by atoms with Crippen molar-refractivity contribution < 1.29 is 0 Å². The van der Waals surface area contributed by atoms with Gasteiger partial charge in [-0.2, -0.15) is 0 Å². The van der Waals surface area contributed by atoms with E-state index in [1.165, 1.54) is 15.4 Å². The maximum Gasteiger partial charge on any atom is 0.0417 e. The molecule has 0 bridgehead atoms. The highest BCUT2D eigenvalue weighted by Crippen LogP contribution is 2.29. The smallest absolute Gasteiger partial charge is 0.0417 e. The summed E-state index contributed by atoms with van der Waals surface area (Å²) in [6, 6.07) is 16.6. The van der Waals surface area contributed by atoms with Crippen molar-refractivity contribution in [3.63, 3.8) is 0 Å². The van der Waals surface area contributed by atoms with Crippen LogP contribution in [0.2, 0.25) is 5.02 Å². The third-order valence-electron chi connectivity index (χ3n) is 2.43. The fourth-order valence-corrected chi connectivity index (χ4v) is 2.96. The second kappa shape index (κ2) is 6.28. The lowest BCUT2D eigenvalue weighted by Crippen LogP contribution is -2.10. The van der Waals surface area contributed by atoms with Gasteiger partial charge in [-0.1, -0.05) is 41.6 Å². The molecule has 2 aromatic rings. The van der Waals surface area contributed by atoms with Crippen LogP contribution < -0.4 is 0 Å². The second-order valence-electron chi connectivity index (χ2n) is 4.44. The van der Waals surface area contributed by atoms with Crippen LogP contribution in [0.15, 0.2) is 58.3 Å². The fourth-order valence-electron chi connectivity index (χ4n) is 1.74. The van der Waals surface area contributed by atoms with E-state index < -0.39 is 0 Å². The number of nitrogens with zero attached hydrogens (tertiary/aromatic N) is 1. The van der Waals surface area contributed by atoms with E-state index in [4.69, 9.17) is 11.6 Å². The molecule has 0 fully saturated rings. The van der Waals surface area contributed by atoms with Crippen molar-refractivity contribution in [2.24, 2.45) is 0 Å². The van der Waals surface area contributed by atoms with Crippen LogP contribution in [-0.2, 0) is 6.54 Å². The molecular formula is C15H16ClNS. The normalized spacial score (nSPS) is 10.9. The molecule has 3 heteroatoms. The number of hydrogen-bond donors (Lipinski definition) is 0. The van der Waals surface area contributed by atoms with Crippen LogP contribution in [0.4, 0.5) is 0 Å². The van der Waals surface area contributed by atoms with E-state index in [2.05, 4.69) is 49.3 Å². The molecule has 1 nitrogen and oxygen atoms in total. The first-order valence-corrected chi connectivity index (χ1v) is 7.00. The zero-order valence-electron chi connectivity index (χ0n) is 10.6. The molecule has 0 unspecified atom stereocenters. The Labute approximate surface area is 118 Å². The summed E-state index contributed by atoms with van der Waals surface area (Å²) in [5.74, 6) is 0. The van der Waals surface area contributed by atoms with Crippen LogP contribution >= 0.6 is 23.4 Å². The van der Waals surface area contributed by atoms with Gasteiger partial charge in [-0.15, -0.1) is 0 Å². The van der Waals surface area contributed by atoms with Crippen molar-refractivity contribution in [1.29, 1.82) is 0 Å². The molecule has 0 saturated carbocycles. The van der Waals surface area contributed by atoms with E-state index in [-0.39, 0.29) is 0 Å². The number of halogens is 1. The first-order valence-electron chi connectivity index (χ1n) is 5.80. The van der Waals surface area contributed by atoms with Crippen LogP contribution in [0.5, 0.6) is 0 Å². The molecule has 0 aliphatic carbocycles. The predicted molar refractivity (Wildman–Crippen MR) is 79.4 cm³/mol. The maximum atomic E-state index is 5.99. The molecule has 2 rings (SSSR count). The Morgan fingerprint density at radius 1 is 1.00 bits per heavy atom. The molecule has 0 aromatic heterocycles. The molecule has 2 aromatic carbocycles. The van der Waals surface area contributed by atoms with E-state index in [0.717, 1.165) is 11.6 Å². The Morgan fingerprint density at radius 3 is 2.33 bits per heavy atom. The van der Waals surface area contributed by atoms with Gasteiger partial charge in [-0.05, 0) is 50.0 Å². The predicted octanol–water partition coefficient (Wildman–Crippen LogP) is 4.55. The molecule has 0 radical (unpaired) electrons. The largest absolute Gasteiger partial charge is 0.305 e. The van der Waals surface area contributed by atoms with Crippen LogP contribution in [0.25, 0.3) is 0 Å². The van der Waals surface area contributed by atoms with E-state index in [9.17, 15) is 0 Å².